The topological polar surface area (TPSA) is 90.9 Å². The average Bonchev–Trinajstić information content (AvgIpc) is 3.38. The van der Waals surface area contributed by atoms with Crippen LogP contribution in [0.5, 0.6) is 5.75 Å². The molecule has 184 valence electrons. The van der Waals surface area contributed by atoms with Crippen LogP contribution in [-0.4, -0.2) is 38.0 Å². The van der Waals surface area contributed by atoms with Crippen LogP contribution in [0.2, 0.25) is 0 Å². The number of esters is 2. The Morgan fingerprint density at radius 1 is 1.11 bits per heavy atom. The molecule has 1 aromatic carbocycles. The number of nitrogens with one attached hydrogen (secondary N) is 1. The van der Waals surface area contributed by atoms with E-state index in [9.17, 15) is 14.4 Å². The first-order valence-electron chi connectivity index (χ1n) is 11.7. The van der Waals surface area contributed by atoms with E-state index in [2.05, 4.69) is 5.32 Å². The van der Waals surface area contributed by atoms with E-state index >= 15 is 0 Å². The molecule has 8 heteroatoms. The summed E-state index contributed by atoms with van der Waals surface area (Å²) in [5.41, 5.74) is 3.81. The van der Waals surface area contributed by atoms with Gasteiger partial charge >= 0.3 is 11.9 Å². The summed E-state index contributed by atoms with van der Waals surface area (Å²) in [4.78, 5) is 40.3. The lowest BCUT2D eigenvalue weighted by Gasteiger charge is -2.39. The summed E-state index contributed by atoms with van der Waals surface area (Å²) in [5.74, 6) is -2.83. The summed E-state index contributed by atoms with van der Waals surface area (Å²) in [7, 11) is 1.58. The van der Waals surface area contributed by atoms with Gasteiger partial charge in [-0.1, -0.05) is 12.1 Å². The third-order valence-electron chi connectivity index (χ3n) is 6.45. The van der Waals surface area contributed by atoms with Crippen molar-refractivity contribution in [2.24, 2.45) is 5.92 Å². The van der Waals surface area contributed by atoms with E-state index < -0.39 is 29.7 Å². The Hall–Kier alpha value is -3.39. The Bertz CT molecular complexity index is 1200. The highest BCUT2D eigenvalue weighted by atomic mass is 32.1. The highest BCUT2D eigenvalue weighted by Gasteiger charge is 2.49. The molecule has 0 fully saturated rings. The van der Waals surface area contributed by atoms with Crippen LogP contribution in [0.1, 0.15) is 50.2 Å². The first-order valence-corrected chi connectivity index (χ1v) is 12.6. The molecule has 0 saturated carbocycles. The van der Waals surface area contributed by atoms with E-state index in [0.29, 0.717) is 34.7 Å². The second-order valence-corrected chi connectivity index (χ2v) is 9.23. The van der Waals surface area contributed by atoms with Crippen molar-refractivity contribution in [3.8, 4) is 5.75 Å². The van der Waals surface area contributed by atoms with Gasteiger partial charge in [-0.2, -0.15) is 11.3 Å². The number of methoxy groups -OCH3 is 1. The first kappa shape index (κ1) is 24.7. The van der Waals surface area contributed by atoms with Gasteiger partial charge in [-0.05, 0) is 67.3 Å². The van der Waals surface area contributed by atoms with Crippen molar-refractivity contribution in [1.29, 1.82) is 0 Å². The van der Waals surface area contributed by atoms with Crippen molar-refractivity contribution >= 4 is 29.1 Å². The number of dihydropyridines is 1. The minimum Gasteiger partial charge on any atom is -0.497 e. The predicted octanol–water partition coefficient (Wildman–Crippen LogP) is 4.47. The van der Waals surface area contributed by atoms with Crippen LogP contribution in [0.3, 0.4) is 0 Å². The third-order valence-corrected chi connectivity index (χ3v) is 7.16. The number of hydrogen-bond acceptors (Lipinski definition) is 8. The van der Waals surface area contributed by atoms with Crippen molar-refractivity contribution in [1.82, 2.24) is 5.32 Å². The number of allylic oxidation sites excluding steroid dienone is 3. The van der Waals surface area contributed by atoms with Gasteiger partial charge in [0.15, 0.2) is 5.78 Å². The Kier molecular flexibility index (Phi) is 7.40. The van der Waals surface area contributed by atoms with Crippen molar-refractivity contribution in [2.45, 2.75) is 39.0 Å². The normalized spacial score (nSPS) is 21.8. The van der Waals surface area contributed by atoms with Crippen LogP contribution in [0.15, 0.2) is 63.6 Å². The van der Waals surface area contributed by atoms with Crippen LogP contribution >= 0.6 is 11.3 Å². The van der Waals surface area contributed by atoms with Crippen molar-refractivity contribution < 1.29 is 28.6 Å². The molecule has 3 atom stereocenters. The lowest BCUT2D eigenvalue weighted by Crippen LogP contribution is -2.43. The van der Waals surface area contributed by atoms with Crippen LogP contribution in [0.25, 0.3) is 0 Å². The minimum atomic E-state index is -1.04. The molecule has 1 aromatic heterocycles. The number of hydrogen-bond donors (Lipinski definition) is 1. The Labute approximate surface area is 208 Å². The standard InChI is InChI=1S/C27H29NO6S/c1-5-33-26(30)21-15(3)28-20-13-19(16-8-7-9-18(12-16)32-4)23(27(31)34-6-2)25(29)24(20)22(21)17-10-11-35-14-17/h7-12,14,19,22-23,28H,5-6,13H2,1-4H3/t19-,22-,23+/m1/s1. The highest BCUT2D eigenvalue weighted by molar-refractivity contribution is 7.08. The molecule has 1 N–H and O–H groups in total. The van der Waals surface area contributed by atoms with Gasteiger partial charge in [0.25, 0.3) is 0 Å². The smallest absolute Gasteiger partial charge is 0.336 e. The molecular formula is C27H29NO6S. The van der Waals surface area contributed by atoms with Gasteiger partial charge in [-0.15, -0.1) is 0 Å². The molecule has 0 saturated heterocycles. The summed E-state index contributed by atoms with van der Waals surface area (Å²) in [5, 5.41) is 7.14. The third kappa shape index (κ3) is 4.62. The van der Waals surface area contributed by atoms with E-state index in [0.717, 1.165) is 11.1 Å². The molecule has 35 heavy (non-hydrogen) atoms. The number of rotatable bonds is 7. The molecule has 0 bridgehead atoms. The second-order valence-electron chi connectivity index (χ2n) is 8.45. The van der Waals surface area contributed by atoms with Gasteiger partial charge in [0.1, 0.15) is 11.7 Å². The van der Waals surface area contributed by atoms with Crippen molar-refractivity contribution in [3.63, 3.8) is 0 Å². The molecule has 0 spiro atoms. The Morgan fingerprint density at radius 3 is 2.54 bits per heavy atom. The van der Waals surface area contributed by atoms with Gasteiger partial charge in [0, 0.05) is 28.8 Å². The number of carbonyl (C=O) groups excluding carboxylic acids is 3. The number of ether oxygens (including phenoxy) is 3. The first-order chi connectivity index (χ1) is 16.9. The lowest BCUT2D eigenvalue weighted by atomic mass is 9.67. The monoisotopic (exact) mass is 495 g/mol. The average molecular weight is 496 g/mol. The number of thiophene rings is 1. The zero-order valence-corrected chi connectivity index (χ0v) is 21.1. The van der Waals surface area contributed by atoms with E-state index in [-0.39, 0.29) is 19.0 Å². The quantitative estimate of drug-likeness (QED) is 0.448. The van der Waals surface area contributed by atoms with E-state index in [1.807, 2.05) is 48.0 Å². The summed E-state index contributed by atoms with van der Waals surface area (Å²) in [6.07, 6.45) is 0.409. The van der Waals surface area contributed by atoms with Crippen LogP contribution in [0.4, 0.5) is 0 Å². The maximum atomic E-state index is 14.2. The SMILES string of the molecule is CCOC(=O)C1=C(C)NC2=C(C(=O)[C@@H](C(=O)OCC)[C@@H](c3cccc(OC)c3)C2)[C@@H]1c1ccsc1. The highest BCUT2D eigenvalue weighted by Crippen LogP contribution is 2.48. The van der Waals surface area contributed by atoms with Crippen molar-refractivity contribution in [3.05, 3.63) is 74.8 Å². The van der Waals surface area contributed by atoms with Crippen LogP contribution < -0.4 is 10.1 Å². The predicted molar refractivity (Wildman–Crippen MR) is 132 cm³/mol. The number of benzene rings is 1. The van der Waals surface area contributed by atoms with Gasteiger partial charge in [0.05, 0.1) is 25.9 Å². The fourth-order valence-electron chi connectivity index (χ4n) is 4.97. The molecule has 2 heterocycles. The van der Waals surface area contributed by atoms with Gasteiger partial charge in [-0.25, -0.2) is 4.79 Å². The molecule has 1 aliphatic heterocycles. The number of ketones is 1. The lowest BCUT2D eigenvalue weighted by molar-refractivity contribution is -0.152. The zero-order chi connectivity index (χ0) is 25.1. The molecule has 1 aliphatic carbocycles. The van der Waals surface area contributed by atoms with Crippen LogP contribution in [0, 0.1) is 5.92 Å². The summed E-state index contributed by atoms with van der Waals surface area (Å²) in [6, 6.07) is 9.31. The Balaban J connectivity index is 1.87. The maximum Gasteiger partial charge on any atom is 0.336 e. The Morgan fingerprint density at radius 2 is 1.89 bits per heavy atom. The number of Topliss-reactive ketones (excluding diaryl/α,β-unsaturated/α-hetero) is 1. The maximum absolute atomic E-state index is 14.2. The van der Waals surface area contributed by atoms with Crippen molar-refractivity contribution in [2.75, 3.05) is 20.3 Å². The molecule has 2 aliphatic rings. The fourth-order valence-corrected chi connectivity index (χ4v) is 5.66. The summed E-state index contributed by atoms with van der Waals surface area (Å²) >= 11 is 1.48. The number of carbonyl (C=O) groups is 3. The van der Waals surface area contributed by atoms with Gasteiger partial charge in [-0.3, -0.25) is 9.59 Å². The minimum absolute atomic E-state index is 0.165. The molecule has 2 aromatic rings. The molecule has 0 amide bonds. The van der Waals surface area contributed by atoms with Crippen LogP contribution in [-0.2, 0) is 23.9 Å². The molecule has 0 unspecified atom stereocenters. The van der Waals surface area contributed by atoms with E-state index in [1.54, 1.807) is 21.0 Å². The molecule has 7 nitrogen and oxygen atoms in total. The molecule has 4 rings (SSSR count). The van der Waals surface area contributed by atoms with Gasteiger partial charge in [0.2, 0.25) is 0 Å². The van der Waals surface area contributed by atoms with Gasteiger partial charge < -0.3 is 19.5 Å². The van der Waals surface area contributed by atoms with E-state index in [1.165, 1.54) is 11.3 Å². The summed E-state index contributed by atoms with van der Waals surface area (Å²) < 4.78 is 16.1. The second kappa shape index (κ2) is 10.5. The molecule has 0 radical (unpaired) electrons. The summed E-state index contributed by atoms with van der Waals surface area (Å²) in [6.45, 7) is 5.67. The zero-order valence-electron chi connectivity index (χ0n) is 20.3. The largest absolute Gasteiger partial charge is 0.497 e. The van der Waals surface area contributed by atoms with E-state index in [4.69, 9.17) is 14.2 Å². The molecular weight excluding hydrogens is 466 g/mol. The fraction of sp³-hybridized carbons (Fsp3) is 0.370.